The molecule has 1 aliphatic carbocycles. The minimum Gasteiger partial charge on any atom is -0.390 e. The van der Waals surface area contributed by atoms with Gasteiger partial charge in [-0.25, -0.2) is 0 Å². The van der Waals surface area contributed by atoms with E-state index in [1.54, 1.807) is 6.08 Å². The minimum atomic E-state index is -0.727. The monoisotopic (exact) mass is 299 g/mol. The molecule has 1 heterocycles. The number of ketones is 1. The number of benzene rings is 1. The maximum atomic E-state index is 12.4. The van der Waals surface area contributed by atoms with Crippen LogP contribution in [0.3, 0.4) is 0 Å². The molecule has 0 N–H and O–H groups in total. The Hall–Kier alpha value is -2.90. The van der Waals surface area contributed by atoms with Crippen LogP contribution in [0.25, 0.3) is 0 Å². The largest absolute Gasteiger partial charge is 0.514 e. The lowest BCUT2D eigenvalue weighted by atomic mass is 9.80. The third-order valence-electron chi connectivity index (χ3n) is 3.66. The molecule has 1 aromatic heterocycles. The van der Waals surface area contributed by atoms with Crippen molar-refractivity contribution < 1.29 is 9.72 Å². The van der Waals surface area contributed by atoms with Gasteiger partial charge in [-0.05, 0) is 29.9 Å². The van der Waals surface area contributed by atoms with Crippen LogP contribution in [0.1, 0.15) is 30.9 Å². The number of hydrogen-bond donors (Lipinski definition) is 0. The van der Waals surface area contributed by atoms with Crippen LogP contribution >= 0.6 is 0 Å². The van der Waals surface area contributed by atoms with E-state index < -0.39 is 16.9 Å². The first-order valence-corrected chi connectivity index (χ1v) is 6.76. The molecule has 0 saturated heterocycles. The molecule has 0 aliphatic heterocycles. The summed E-state index contributed by atoms with van der Waals surface area (Å²) in [6, 6.07) is 8.81. The van der Waals surface area contributed by atoms with Crippen LogP contribution in [0, 0.1) is 10.1 Å². The predicted octanol–water partition coefficient (Wildman–Crippen LogP) is 1.83. The summed E-state index contributed by atoms with van der Waals surface area (Å²) in [5.41, 5.74) is 1.93. The van der Waals surface area contributed by atoms with Crippen LogP contribution in [0.5, 0.6) is 0 Å². The van der Waals surface area contributed by atoms with Gasteiger partial charge in [0, 0.05) is 11.1 Å². The van der Waals surface area contributed by atoms with Crippen molar-refractivity contribution in [1.82, 2.24) is 20.2 Å². The molecule has 112 valence electrons. The molecule has 8 heteroatoms. The highest BCUT2D eigenvalue weighted by molar-refractivity contribution is 5.95. The molecule has 0 radical (unpaired) electrons. The molecule has 0 bridgehead atoms. The number of tetrazole rings is 1. The summed E-state index contributed by atoms with van der Waals surface area (Å²) in [6.45, 7) is 1.89. The highest BCUT2D eigenvalue weighted by atomic mass is 16.6. The Labute approximate surface area is 125 Å². The van der Waals surface area contributed by atoms with E-state index in [0.717, 1.165) is 15.9 Å². The van der Waals surface area contributed by atoms with Crippen LogP contribution in [0.2, 0.25) is 0 Å². The maximum Gasteiger partial charge on any atom is 0.514 e. The third-order valence-corrected chi connectivity index (χ3v) is 3.66. The van der Waals surface area contributed by atoms with Gasteiger partial charge >= 0.3 is 5.95 Å². The number of rotatable bonds is 3. The Balaban J connectivity index is 2.04. The average molecular weight is 299 g/mol. The Bertz CT molecular complexity index is 753. The van der Waals surface area contributed by atoms with Crippen LogP contribution in [0.15, 0.2) is 42.0 Å². The fourth-order valence-corrected chi connectivity index (χ4v) is 2.73. The summed E-state index contributed by atoms with van der Waals surface area (Å²) in [4.78, 5) is 23.4. The van der Waals surface area contributed by atoms with Crippen molar-refractivity contribution in [3.05, 3.63) is 57.7 Å². The summed E-state index contributed by atoms with van der Waals surface area (Å²) in [5.74, 6) is -0.955. The second kappa shape index (κ2) is 5.47. The Morgan fingerprint density at radius 3 is 2.68 bits per heavy atom. The summed E-state index contributed by atoms with van der Waals surface area (Å²) in [5, 5.41) is 21.5. The van der Waals surface area contributed by atoms with Gasteiger partial charge in [0.2, 0.25) is 0 Å². The van der Waals surface area contributed by atoms with E-state index in [0.29, 0.717) is 6.42 Å². The summed E-state index contributed by atoms with van der Waals surface area (Å²) >= 11 is 0. The van der Waals surface area contributed by atoms with E-state index >= 15 is 0 Å². The molecule has 0 amide bonds. The molecule has 3 rings (SSSR count). The van der Waals surface area contributed by atoms with Gasteiger partial charge in [0.05, 0.1) is 10.2 Å². The Morgan fingerprint density at radius 1 is 1.32 bits per heavy atom. The molecule has 22 heavy (non-hydrogen) atoms. The van der Waals surface area contributed by atoms with Crippen molar-refractivity contribution in [1.29, 1.82) is 0 Å². The van der Waals surface area contributed by atoms with Crippen LogP contribution in [-0.4, -0.2) is 30.9 Å². The fourth-order valence-electron chi connectivity index (χ4n) is 2.73. The number of hydrogen-bond acceptors (Lipinski definition) is 6. The SMILES string of the molecule is CC1=CC(=O)[C@@H](n2nnc([N+](=O)[O-])n2)[C@@H](c2ccccc2)C1. The van der Waals surface area contributed by atoms with Crippen molar-refractivity contribution in [2.24, 2.45) is 0 Å². The smallest absolute Gasteiger partial charge is 0.390 e. The molecular weight excluding hydrogens is 286 g/mol. The van der Waals surface area contributed by atoms with E-state index in [-0.39, 0.29) is 11.7 Å². The summed E-state index contributed by atoms with van der Waals surface area (Å²) in [6.07, 6.45) is 2.20. The number of aromatic nitrogens is 4. The number of carbonyl (C=O) groups is 1. The van der Waals surface area contributed by atoms with Crippen molar-refractivity contribution >= 4 is 11.7 Å². The highest BCUT2D eigenvalue weighted by Crippen LogP contribution is 2.38. The molecule has 2 atom stereocenters. The van der Waals surface area contributed by atoms with Gasteiger partial charge in [-0.2, -0.15) is 0 Å². The second-order valence-corrected chi connectivity index (χ2v) is 5.23. The third kappa shape index (κ3) is 2.50. The Morgan fingerprint density at radius 2 is 2.05 bits per heavy atom. The van der Waals surface area contributed by atoms with Crippen molar-refractivity contribution in [2.45, 2.75) is 25.3 Å². The normalized spacial score (nSPS) is 21.5. The molecule has 0 fully saturated rings. The molecule has 1 aliphatic rings. The zero-order valence-electron chi connectivity index (χ0n) is 11.8. The summed E-state index contributed by atoms with van der Waals surface area (Å²) in [7, 11) is 0. The van der Waals surface area contributed by atoms with Crippen LogP contribution < -0.4 is 0 Å². The van der Waals surface area contributed by atoms with Crippen LogP contribution in [-0.2, 0) is 4.79 Å². The molecule has 2 aromatic rings. The average Bonchev–Trinajstić information content (AvgIpc) is 2.97. The summed E-state index contributed by atoms with van der Waals surface area (Å²) < 4.78 is 0. The predicted molar refractivity (Wildman–Crippen MR) is 76.1 cm³/mol. The van der Waals surface area contributed by atoms with Gasteiger partial charge in [-0.15, -0.1) is 0 Å². The first-order chi connectivity index (χ1) is 10.6. The van der Waals surface area contributed by atoms with E-state index in [1.807, 2.05) is 37.3 Å². The van der Waals surface area contributed by atoms with Gasteiger partial charge in [-0.3, -0.25) is 4.79 Å². The fraction of sp³-hybridized carbons (Fsp3) is 0.286. The molecule has 0 saturated carbocycles. The number of carbonyl (C=O) groups excluding carboxylic acids is 1. The Kier molecular flexibility index (Phi) is 3.50. The lowest BCUT2D eigenvalue weighted by Gasteiger charge is -2.27. The molecular formula is C14H13N5O3. The quantitative estimate of drug-likeness (QED) is 0.632. The molecule has 1 aromatic carbocycles. The van der Waals surface area contributed by atoms with E-state index in [1.165, 1.54) is 0 Å². The topological polar surface area (TPSA) is 104 Å². The molecule has 0 spiro atoms. The minimum absolute atomic E-state index is 0.174. The van der Waals surface area contributed by atoms with Crippen molar-refractivity contribution in [3.63, 3.8) is 0 Å². The number of nitro groups is 1. The number of allylic oxidation sites excluding steroid dienone is 2. The highest BCUT2D eigenvalue weighted by Gasteiger charge is 2.38. The van der Waals surface area contributed by atoms with E-state index in [2.05, 4.69) is 15.4 Å². The van der Waals surface area contributed by atoms with Crippen LogP contribution in [0.4, 0.5) is 5.95 Å². The van der Waals surface area contributed by atoms with Gasteiger partial charge in [0.1, 0.15) is 0 Å². The lowest BCUT2D eigenvalue weighted by molar-refractivity contribution is -0.394. The van der Waals surface area contributed by atoms with Crippen molar-refractivity contribution in [2.75, 3.05) is 0 Å². The maximum absolute atomic E-state index is 12.4. The van der Waals surface area contributed by atoms with Gasteiger partial charge in [-0.1, -0.05) is 40.7 Å². The van der Waals surface area contributed by atoms with Gasteiger partial charge in [0.15, 0.2) is 11.8 Å². The van der Waals surface area contributed by atoms with E-state index in [9.17, 15) is 14.9 Å². The number of nitrogens with zero attached hydrogens (tertiary/aromatic N) is 5. The standard InChI is InChI=1S/C14H13N5O3/c1-9-7-11(10-5-3-2-4-6-10)13(12(20)8-9)18-16-14(15-17-18)19(21)22/h2-6,8,11,13H,7H2,1H3/t11-,13+/m1/s1. The first kappa shape index (κ1) is 14.1. The van der Waals surface area contributed by atoms with Gasteiger partial charge < -0.3 is 10.1 Å². The second-order valence-electron chi connectivity index (χ2n) is 5.23. The zero-order chi connectivity index (χ0) is 15.7. The van der Waals surface area contributed by atoms with E-state index in [4.69, 9.17) is 0 Å². The first-order valence-electron chi connectivity index (χ1n) is 6.76. The van der Waals surface area contributed by atoms with Crippen molar-refractivity contribution in [3.8, 4) is 0 Å². The molecule has 8 nitrogen and oxygen atoms in total. The lowest BCUT2D eigenvalue weighted by Crippen LogP contribution is -2.30. The van der Waals surface area contributed by atoms with Gasteiger partial charge in [0.25, 0.3) is 0 Å². The zero-order valence-corrected chi connectivity index (χ0v) is 11.8. The molecule has 0 unspecified atom stereocenters.